The predicted octanol–water partition coefficient (Wildman–Crippen LogP) is 3.03. The van der Waals surface area contributed by atoms with Gasteiger partial charge in [-0.15, -0.1) is 10.2 Å². The molecule has 1 aliphatic rings. The number of benzene rings is 1. The Bertz CT molecular complexity index is 1040. The predicted molar refractivity (Wildman–Crippen MR) is 108 cm³/mol. The van der Waals surface area contributed by atoms with Crippen molar-refractivity contribution in [1.29, 1.82) is 0 Å². The SMILES string of the molecule is CC(C)(C)OC(=O)N[C@@H](CC(=O)N1CCn2c(CF)nnc2C1)Cc1cc(F)c(F)cc1F. The number of aromatic nitrogens is 3. The van der Waals surface area contributed by atoms with Gasteiger partial charge in [0, 0.05) is 31.6 Å². The van der Waals surface area contributed by atoms with Crippen LogP contribution in [-0.4, -0.2) is 49.9 Å². The van der Waals surface area contributed by atoms with Gasteiger partial charge in [0.15, 0.2) is 23.3 Å². The zero-order valence-corrected chi connectivity index (χ0v) is 18.5. The number of alkyl halides is 1. The second-order valence-corrected chi connectivity index (χ2v) is 8.74. The zero-order valence-electron chi connectivity index (χ0n) is 18.5. The van der Waals surface area contributed by atoms with Crippen molar-refractivity contribution in [1.82, 2.24) is 25.0 Å². The van der Waals surface area contributed by atoms with Crippen molar-refractivity contribution in [2.24, 2.45) is 0 Å². The van der Waals surface area contributed by atoms with Gasteiger partial charge in [0.05, 0.1) is 6.54 Å². The fourth-order valence-electron chi connectivity index (χ4n) is 3.50. The Hall–Kier alpha value is -3.18. The fraction of sp³-hybridized carbons (Fsp3) is 0.524. The number of amides is 2. The molecule has 0 aliphatic carbocycles. The van der Waals surface area contributed by atoms with Gasteiger partial charge in [-0.2, -0.15) is 0 Å². The molecule has 0 unspecified atom stereocenters. The first kappa shape index (κ1) is 24.5. The van der Waals surface area contributed by atoms with Gasteiger partial charge in [0.2, 0.25) is 5.91 Å². The van der Waals surface area contributed by atoms with Crippen molar-refractivity contribution < 1.29 is 31.9 Å². The molecular weight excluding hydrogens is 446 g/mol. The molecule has 0 saturated heterocycles. The van der Waals surface area contributed by atoms with E-state index in [0.29, 0.717) is 24.5 Å². The molecule has 1 atom stereocenters. The highest BCUT2D eigenvalue weighted by atomic mass is 19.2. The Morgan fingerprint density at radius 1 is 1.12 bits per heavy atom. The summed E-state index contributed by atoms with van der Waals surface area (Å²) in [5.41, 5.74) is -1.02. The third-order valence-corrected chi connectivity index (χ3v) is 5.00. The Kier molecular flexibility index (Phi) is 7.23. The van der Waals surface area contributed by atoms with Crippen LogP contribution in [0, 0.1) is 17.5 Å². The third-order valence-electron chi connectivity index (χ3n) is 5.00. The minimum absolute atomic E-state index is 0.0878. The van der Waals surface area contributed by atoms with Crippen molar-refractivity contribution in [3.8, 4) is 0 Å². The molecule has 0 fully saturated rings. The van der Waals surface area contributed by atoms with Crippen molar-refractivity contribution in [3.63, 3.8) is 0 Å². The lowest BCUT2D eigenvalue weighted by molar-refractivity contribution is -0.133. The largest absolute Gasteiger partial charge is 0.444 e. The number of carbonyl (C=O) groups is 2. The number of hydrogen-bond acceptors (Lipinski definition) is 5. The molecule has 0 saturated carbocycles. The molecule has 1 aliphatic heterocycles. The highest BCUT2D eigenvalue weighted by Gasteiger charge is 2.28. The molecule has 2 aromatic rings. The topological polar surface area (TPSA) is 89.4 Å². The van der Waals surface area contributed by atoms with Crippen LogP contribution in [0.3, 0.4) is 0 Å². The summed E-state index contributed by atoms with van der Waals surface area (Å²) in [6.45, 7) is 4.82. The normalized spacial score (nSPS) is 14.6. The lowest BCUT2D eigenvalue weighted by Crippen LogP contribution is -2.45. The standard InChI is InChI=1S/C21H25F4N5O3/c1-21(2,3)33-20(32)26-13(6-12-7-15(24)16(25)9-14(12)23)8-19(31)29-4-5-30-17(10-22)27-28-18(30)11-29/h7,9,13H,4-6,8,10-11H2,1-3H3,(H,26,32)/t13-/m1/s1. The number of nitrogens with one attached hydrogen (secondary N) is 1. The molecule has 1 aromatic heterocycles. The monoisotopic (exact) mass is 471 g/mol. The van der Waals surface area contributed by atoms with E-state index < -0.39 is 47.8 Å². The molecule has 0 radical (unpaired) electrons. The van der Waals surface area contributed by atoms with Crippen LogP contribution in [0.2, 0.25) is 0 Å². The molecule has 12 heteroatoms. The zero-order chi connectivity index (χ0) is 24.3. The summed E-state index contributed by atoms with van der Waals surface area (Å²) in [6.07, 6.45) is -1.37. The molecule has 2 heterocycles. The molecule has 0 spiro atoms. The maximum Gasteiger partial charge on any atom is 0.407 e. The van der Waals surface area contributed by atoms with Crippen LogP contribution in [0.4, 0.5) is 22.4 Å². The van der Waals surface area contributed by atoms with Gasteiger partial charge in [-0.3, -0.25) is 4.79 Å². The van der Waals surface area contributed by atoms with E-state index in [9.17, 15) is 27.2 Å². The number of fused-ring (bicyclic) bond motifs is 1. The van der Waals surface area contributed by atoms with E-state index in [1.165, 1.54) is 4.90 Å². The highest BCUT2D eigenvalue weighted by Crippen LogP contribution is 2.19. The fourth-order valence-corrected chi connectivity index (χ4v) is 3.50. The summed E-state index contributed by atoms with van der Waals surface area (Å²) in [7, 11) is 0. The van der Waals surface area contributed by atoms with Crippen LogP contribution < -0.4 is 5.32 Å². The molecule has 0 bridgehead atoms. The summed E-state index contributed by atoms with van der Waals surface area (Å²) < 4.78 is 60.9. The average molecular weight is 471 g/mol. The van der Waals surface area contributed by atoms with Gasteiger partial charge in [0.25, 0.3) is 0 Å². The smallest absolute Gasteiger partial charge is 0.407 e. The number of halogens is 4. The second kappa shape index (κ2) is 9.75. The Morgan fingerprint density at radius 2 is 1.82 bits per heavy atom. The van der Waals surface area contributed by atoms with E-state index >= 15 is 0 Å². The van der Waals surface area contributed by atoms with Crippen molar-refractivity contribution in [2.75, 3.05) is 6.54 Å². The van der Waals surface area contributed by atoms with Gasteiger partial charge in [-0.25, -0.2) is 22.4 Å². The van der Waals surface area contributed by atoms with Crippen LogP contribution in [0.1, 0.15) is 44.4 Å². The maximum absolute atomic E-state index is 14.2. The number of carbonyl (C=O) groups excluding carboxylic acids is 2. The Labute approximate surface area is 187 Å². The van der Waals surface area contributed by atoms with Crippen LogP contribution in [0.25, 0.3) is 0 Å². The second-order valence-electron chi connectivity index (χ2n) is 8.74. The molecule has 8 nitrogen and oxygen atoms in total. The minimum Gasteiger partial charge on any atom is -0.444 e. The van der Waals surface area contributed by atoms with E-state index in [0.717, 1.165) is 0 Å². The lowest BCUT2D eigenvalue weighted by atomic mass is 10.0. The first-order valence-corrected chi connectivity index (χ1v) is 10.3. The number of rotatable bonds is 6. The number of ether oxygens (including phenoxy) is 1. The number of alkyl carbamates (subject to hydrolysis) is 1. The maximum atomic E-state index is 14.2. The molecule has 1 aromatic carbocycles. The van der Waals surface area contributed by atoms with Crippen molar-refractivity contribution >= 4 is 12.0 Å². The quantitative estimate of drug-likeness (QED) is 0.517. The number of nitrogens with zero attached hydrogens (tertiary/aromatic N) is 4. The first-order valence-electron chi connectivity index (χ1n) is 10.3. The van der Waals surface area contributed by atoms with Crippen molar-refractivity contribution in [3.05, 3.63) is 46.8 Å². The Morgan fingerprint density at radius 3 is 2.48 bits per heavy atom. The molecule has 33 heavy (non-hydrogen) atoms. The average Bonchev–Trinajstić information content (AvgIpc) is 3.12. The number of hydrogen-bond donors (Lipinski definition) is 1. The van der Waals surface area contributed by atoms with Gasteiger partial charge < -0.3 is 19.5 Å². The summed E-state index contributed by atoms with van der Waals surface area (Å²) in [5.74, 6) is -3.37. The van der Waals surface area contributed by atoms with Gasteiger partial charge in [-0.05, 0) is 38.8 Å². The summed E-state index contributed by atoms with van der Waals surface area (Å²) in [5, 5.41) is 10.1. The molecule has 180 valence electrons. The lowest BCUT2D eigenvalue weighted by Gasteiger charge is -2.30. The van der Waals surface area contributed by atoms with Crippen LogP contribution in [0.5, 0.6) is 0 Å². The van der Waals surface area contributed by atoms with Crippen molar-refractivity contribution in [2.45, 2.75) is 65.0 Å². The Balaban J connectivity index is 1.75. The summed E-state index contributed by atoms with van der Waals surface area (Å²) in [4.78, 5) is 26.7. The molecule has 3 rings (SSSR count). The minimum atomic E-state index is -1.34. The first-order chi connectivity index (χ1) is 15.5. The van der Waals surface area contributed by atoms with E-state index in [-0.39, 0.29) is 37.3 Å². The van der Waals surface area contributed by atoms with E-state index in [1.807, 2.05) is 0 Å². The van der Waals surface area contributed by atoms with E-state index in [2.05, 4.69) is 15.5 Å². The van der Waals surface area contributed by atoms with E-state index in [4.69, 9.17) is 4.74 Å². The highest BCUT2D eigenvalue weighted by molar-refractivity contribution is 5.78. The molecule has 1 N–H and O–H groups in total. The van der Waals surface area contributed by atoms with Gasteiger partial charge in [0.1, 0.15) is 18.1 Å². The van der Waals surface area contributed by atoms with Crippen LogP contribution in [0.15, 0.2) is 12.1 Å². The summed E-state index contributed by atoms with van der Waals surface area (Å²) in [6, 6.07) is 0.144. The van der Waals surface area contributed by atoms with E-state index in [1.54, 1.807) is 25.3 Å². The third kappa shape index (κ3) is 6.20. The van der Waals surface area contributed by atoms with Crippen LogP contribution >= 0.6 is 0 Å². The molecule has 2 amide bonds. The van der Waals surface area contributed by atoms with Gasteiger partial charge in [-0.1, -0.05) is 0 Å². The van der Waals surface area contributed by atoms with Gasteiger partial charge >= 0.3 is 6.09 Å². The molecular formula is C21H25F4N5O3. The summed E-state index contributed by atoms with van der Waals surface area (Å²) >= 11 is 0. The van der Waals surface area contributed by atoms with Crippen LogP contribution in [-0.2, 0) is 35.7 Å².